The third-order valence-corrected chi connectivity index (χ3v) is 3.69. The number of rotatable bonds is 5. The third kappa shape index (κ3) is 4.69. The molecule has 2 aliphatic rings. The van der Waals surface area contributed by atoms with Crippen molar-refractivity contribution in [3.8, 4) is 0 Å². The fourth-order valence-corrected chi connectivity index (χ4v) is 2.50. The highest BCUT2D eigenvalue weighted by molar-refractivity contribution is 5.99. The number of hydrogen-bond donors (Lipinski definition) is 4. The maximum Gasteiger partial charge on any atom is 0.308 e. The van der Waals surface area contributed by atoms with E-state index in [0.717, 1.165) is 18.8 Å². The van der Waals surface area contributed by atoms with E-state index < -0.39 is 0 Å². The highest BCUT2D eigenvalue weighted by Crippen LogP contribution is 2.11. The van der Waals surface area contributed by atoms with Gasteiger partial charge in [-0.25, -0.2) is 0 Å². The molecule has 3 rings (SSSR count). The lowest BCUT2D eigenvalue weighted by Gasteiger charge is -2.11. The minimum Gasteiger partial charge on any atom is -0.463 e. The Labute approximate surface area is 144 Å². The van der Waals surface area contributed by atoms with Crippen LogP contribution < -0.4 is 21.3 Å². The summed E-state index contributed by atoms with van der Waals surface area (Å²) in [6, 6.07) is 6.58. The molecule has 1 saturated heterocycles. The molecular weight excluding hydrogens is 326 g/mol. The Morgan fingerprint density at radius 1 is 1.36 bits per heavy atom. The smallest absolute Gasteiger partial charge is 0.308 e. The van der Waals surface area contributed by atoms with Crippen LogP contribution in [0.3, 0.4) is 0 Å². The molecule has 0 spiro atoms. The number of guanidine groups is 1. The Balaban J connectivity index is 1.49. The van der Waals surface area contributed by atoms with Crippen molar-refractivity contribution in [3.63, 3.8) is 0 Å². The molecule has 9 heteroatoms. The van der Waals surface area contributed by atoms with Crippen LogP contribution in [0.15, 0.2) is 29.3 Å². The molecule has 1 fully saturated rings. The number of hydrogen-bond acceptors (Lipinski definition) is 7. The van der Waals surface area contributed by atoms with Gasteiger partial charge in [0.2, 0.25) is 5.91 Å². The zero-order valence-electron chi connectivity index (χ0n) is 13.5. The summed E-state index contributed by atoms with van der Waals surface area (Å²) < 4.78 is 4.77. The summed E-state index contributed by atoms with van der Waals surface area (Å²) in [6.07, 6.45) is 0.158. The molecule has 2 amide bonds. The lowest BCUT2D eigenvalue weighted by Crippen LogP contribution is -2.42. The summed E-state index contributed by atoms with van der Waals surface area (Å²) >= 11 is 0. The predicted molar refractivity (Wildman–Crippen MR) is 90.2 cm³/mol. The first-order valence-electron chi connectivity index (χ1n) is 7.99. The molecule has 2 heterocycles. The van der Waals surface area contributed by atoms with Crippen molar-refractivity contribution in [2.75, 3.05) is 31.6 Å². The fraction of sp³-hybridized carbons (Fsp3) is 0.375. The van der Waals surface area contributed by atoms with Gasteiger partial charge in [-0.15, -0.1) is 0 Å². The maximum atomic E-state index is 12.2. The van der Waals surface area contributed by atoms with Crippen LogP contribution >= 0.6 is 0 Å². The molecule has 0 radical (unpaired) electrons. The number of nitrogens with one attached hydrogen (secondary N) is 4. The Morgan fingerprint density at radius 3 is 2.96 bits per heavy atom. The summed E-state index contributed by atoms with van der Waals surface area (Å²) in [5.74, 6) is -0.389. The number of anilines is 1. The first-order chi connectivity index (χ1) is 12.1. The van der Waals surface area contributed by atoms with Gasteiger partial charge in [0.05, 0.1) is 25.6 Å². The predicted octanol–water partition coefficient (Wildman–Crippen LogP) is -0.781. The topological polar surface area (TPSA) is 121 Å². The SMILES string of the molecule is O=C(CNC(=O)c1cccc(NC2=NCCN2)c1)N[C@@H]1COC(=O)C1. The van der Waals surface area contributed by atoms with Crippen molar-refractivity contribution < 1.29 is 19.1 Å². The van der Waals surface area contributed by atoms with Crippen LogP contribution in [-0.4, -0.2) is 56.0 Å². The van der Waals surface area contributed by atoms with E-state index in [4.69, 9.17) is 4.74 Å². The molecule has 1 aromatic carbocycles. The second-order valence-electron chi connectivity index (χ2n) is 5.70. The zero-order valence-corrected chi connectivity index (χ0v) is 13.5. The Kier molecular flexibility index (Phi) is 5.12. The lowest BCUT2D eigenvalue weighted by atomic mass is 10.2. The second-order valence-corrected chi connectivity index (χ2v) is 5.70. The molecule has 0 unspecified atom stereocenters. The Hall–Kier alpha value is -3.10. The number of amides is 2. The van der Waals surface area contributed by atoms with E-state index in [1.807, 2.05) is 6.07 Å². The summed E-state index contributed by atoms with van der Waals surface area (Å²) in [7, 11) is 0. The molecule has 1 atom stereocenters. The second kappa shape index (κ2) is 7.65. The summed E-state index contributed by atoms with van der Waals surface area (Å²) in [5, 5.41) is 11.4. The number of ether oxygens (including phenoxy) is 1. The summed E-state index contributed by atoms with van der Waals surface area (Å²) in [6.45, 7) is 1.50. The average molecular weight is 345 g/mol. The molecule has 2 aliphatic heterocycles. The van der Waals surface area contributed by atoms with Gasteiger partial charge in [-0.05, 0) is 18.2 Å². The van der Waals surface area contributed by atoms with E-state index in [1.54, 1.807) is 18.2 Å². The molecule has 0 bridgehead atoms. The van der Waals surface area contributed by atoms with Gasteiger partial charge < -0.3 is 26.0 Å². The van der Waals surface area contributed by atoms with Crippen molar-refractivity contribution in [2.24, 2.45) is 4.99 Å². The van der Waals surface area contributed by atoms with Crippen molar-refractivity contribution in [3.05, 3.63) is 29.8 Å². The van der Waals surface area contributed by atoms with E-state index in [1.165, 1.54) is 0 Å². The molecule has 132 valence electrons. The van der Waals surface area contributed by atoms with Gasteiger partial charge in [-0.2, -0.15) is 0 Å². The van der Waals surface area contributed by atoms with Gasteiger partial charge in [0.15, 0.2) is 5.96 Å². The van der Waals surface area contributed by atoms with Crippen LogP contribution in [-0.2, 0) is 14.3 Å². The van der Waals surface area contributed by atoms with Crippen LogP contribution in [0, 0.1) is 0 Å². The van der Waals surface area contributed by atoms with E-state index in [-0.39, 0.29) is 43.4 Å². The summed E-state index contributed by atoms with van der Waals surface area (Å²) in [5.41, 5.74) is 1.16. The molecule has 25 heavy (non-hydrogen) atoms. The first kappa shape index (κ1) is 16.7. The zero-order chi connectivity index (χ0) is 17.6. The van der Waals surface area contributed by atoms with Crippen LogP contribution in [0.4, 0.5) is 5.69 Å². The number of aliphatic imine (C=N–C) groups is 1. The molecular formula is C16H19N5O4. The highest BCUT2D eigenvalue weighted by atomic mass is 16.5. The number of carbonyl (C=O) groups is 3. The quantitative estimate of drug-likeness (QED) is 0.520. The van der Waals surface area contributed by atoms with E-state index in [9.17, 15) is 14.4 Å². The van der Waals surface area contributed by atoms with Gasteiger partial charge in [-0.3, -0.25) is 19.4 Å². The minimum absolute atomic E-state index is 0.158. The molecule has 0 aliphatic carbocycles. The van der Waals surface area contributed by atoms with Crippen LogP contribution in [0.1, 0.15) is 16.8 Å². The van der Waals surface area contributed by atoms with Crippen molar-refractivity contribution in [1.29, 1.82) is 0 Å². The number of esters is 1. The van der Waals surface area contributed by atoms with Crippen LogP contribution in [0.2, 0.25) is 0 Å². The van der Waals surface area contributed by atoms with E-state index >= 15 is 0 Å². The minimum atomic E-state index is -0.365. The van der Waals surface area contributed by atoms with Gasteiger partial charge in [-0.1, -0.05) is 6.07 Å². The first-order valence-corrected chi connectivity index (χ1v) is 7.99. The maximum absolute atomic E-state index is 12.2. The highest BCUT2D eigenvalue weighted by Gasteiger charge is 2.25. The molecule has 9 nitrogen and oxygen atoms in total. The van der Waals surface area contributed by atoms with Gasteiger partial charge in [0, 0.05) is 17.8 Å². The fourth-order valence-electron chi connectivity index (χ4n) is 2.50. The average Bonchev–Trinajstić information content (AvgIpc) is 3.25. The number of carbonyl (C=O) groups excluding carboxylic acids is 3. The molecule has 0 saturated carbocycles. The number of nitrogens with zero attached hydrogens (tertiary/aromatic N) is 1. The van der Waals surface area contributed by atoms with E-state index in [2.05, 4.69) is 26.3 Å². The number of benzene rings is 1. The number of cyclic esters (lactones) is 1. The van der Waals surface area contributed by atoms with E-state index in [0.29, 0.717) is 11.5 Å². The van der Waals surface area contributed by atoms with Gasteiger partial charge in [0.1, 0.15) is 6.61 Å². The van der Waals surface area contributed by atoms with Crippen molar-refractivity contribution in [2.45, 2.75) is 12.5 Å². The Bertz CT molecular complexity index is 718. The van der Waals surface area contributed by atoms with Crippen LogP contribution in [0.5, 0.6) is 0 Å². The summed E-state index contributed by atoms with van der Waals surface area (Å²) in [4.78, 5) is 39.2. The monoisotopic (exact) mass is 345 g/mol. The van der Waals surface area contributed by atoms with Gasteiger partial charge in [0.25, 0.3) is 5.91 Å². The third-order valence-electron chi connectivity index (χ3n) is 3.69. The van der Waals surface area contributed by atoms with Gasteiger partial charge >= 0.3 is 5.97 Å². The molecule has 1 aromatic rings. The lowest BCUT2D eigenvalue weighted by molar-refractivity contribution is -0.138. The normalized spacial score (nSPS) is 18.8. The van der Waals surface area contributed by atoms with Crippen LogP contribution in [0.25, 0.3) is 0 Å². The van der Waals surface area contributed by atoms with Crippen molar-refractivity contribution in [1.82, 2.24) is 16.0 Å². The molecule has 0 aromatic heterocycles. The van der Waals surface area contributed by atoms with Crippen molar-refractivity contribution >= 4 is 29.4 Å². The standard InChI is InChI=1S/C16H19N5O4/c22-13(20-12-7-14(23)25-9-12)8-19-15(24)10-2-1-3-11(6-10)21-16-17-4-5-18-16/h1-3,6,12H,4-5,7-9H2,(H,19,24)(H,20,22)(H2,17,18,21)/t12-/m0/s1. The molecule has 4 N–H and O–H groups in total. The Morgan fingerprint density at radius 2 is 2.24 bits per heavy atom. The largest absolute Gasteiger partial charge is 0.463 e.